The van der Waals surface area contributed by atoms with Crippen molar-refractivity contribution in [3.63, 3.8) is 0 Å². The number of benzene rings is 2. The van der Waals surface area contributed by atoms with Gasteiger partial charge in [-0.1, -0.05) is 12.1 Å². The van der Waals surface area contributed by atoms with E-state index in [9.17, 15) is 14.0 Å². The summed E-state index contributed by atoms with van der Waals surface area (Å²) in [5.41, 5.74) is -0.470. The number of hydrogen-bond donors (Lipinski definition) is 1. The van der Waals surface area contributed by atoms with Gasteiger partial charge in [0.2, 0.25) is 0 Å². The third-order valence-corrected chi connectivity index (χ3v) is 3.23. The molecule has 0 spiro atoms. The Hall–Kier alpha value is -3.15. The Labute approximate surface area is 129 Å². The average molecular weight is 314 g/mol. The number of halogens is 1. The standard InChI is InChI=1S/C17H11FO5/c18-12-3-1-2-10(6-12)9-22-13-5-4-11-7-14(16(19)20)17(21)23-15(11)8-13/h1-8H,9H2,(H,19,20). The number of ether oxygens (including phenoxy) is 1. The second-order valence-electron chi connectivity index (χ2n) is 4.87. The maximum absolute atomic E-state index is 13.1. The van der Waals surface area contributed by atoms with E-state index in [2.05, 4.69) is 0 Å². The van der Waals surface area contributed by atoms with Gasteiger partial charge in [-0.15, -0.1) is 0 Å². The lowest BCUT2D eigenvalue weighted by molar-refractivity contribution is 0.0692. The van der Waals surface area contributed by atoms with Crippen LogP contribution in [0.3, 0.4) is 0 Å². The molecule has 0 radical (unpaired) electrons. The summed E-state index contributed by atoms with van der Waals surface area (Å²) in [4.78, 5) is 22.5. The van der Waals surface area contributed by atoms with E-state index in [4.69, 9.17) is 14.3 Å². The van der Waals surface area contributed by atoms with E-state index in [0.29, 0.717) is 16.7 Å². The normalized spacial score (nSPS) is 10.7. The first kappa shape index (κ1) is 14.8. The number of rotatable bonds is 4. The summed E-state index contributed by atoms with van der Waals surface area (Å²) in [6, 6.07) is 12.0. The van der Waals surface area contributed by atoms with E-state index >= 15 is 0 Å². The minimum absolute atomic E-state index is 0.153. The molecule has 0 unspecified atom stereocenters. The number of carboxylic acid groups (broad SMARTS) is 1. The highest BCUT2D eigenvalue weighted by Crippen LogP contribution is 2.21. The van der Waals surface area contributed by atoms with Crippen LogP contribution in [0.1, 0.15) is 15.9 Å². The molecule has 0 aliphatic rings. The second kappa shape index (κ2) is 5.92. The Balaban J connectivity index is 1.87. The Morgan fingerprint density at radius 2 is 2.00 bits per heavy atom. The summed E-state index contributed by atoms with van der Waals surface area (Å²) in [5, 5.41) is 9.37. The van der Waals surface area contributed by atoms with Crippen LogP contribution in [0.15, 0.2) is 57.7 Å². The molecule has 116 valence electrons. The molecule has 6 heteroatoms. The van der Waals surface area contributed by atoms with Crippen LogP contribution in [0.25, 0.3) is 11.0 Å². The first-order valence-electron chi connectivity index (χ1n) is 6.71. The number of carboxylic acids is 1. The van der Waals surface area contributed by atoms with Crippen molar-refractivity contribution in [3.05, 3.63) is 75.9 Å². The topological polar surface area (TPSA) is 76.7 Å². The number of aromatic carboxylic acids is 1. The van der Waals surface area contributed by atoms with Crippen molar-refractivity contribution in [3.8, 4) is 5.75 Å². The van der Waals surface area contributed by atoms with Crippen molar-refractivity contribution in [2.45, 2.75) is 6.61 Å². The summed E-state index contributed by atoms with van der Waals surface area (Å²) in [6.45, 7) is 0.153. The van der Waals surface area contributed by atoms with E-state index in [0.717, 1.165) is 0 Å². The van der Waals surface area contributed by atoms with Crippen LogP contribution in [0.4, 0.5) is 4.39 Å². The van der Waals surface area contributed by atoms with Crippen LogP contribution in [0.2, 0.25) is 0 Å². The number of fused-ring (bicyclic) bond motifs is 1. The molecule has 1 heterocycles. The molecule has 0 amide bonds. The minimum Gasteiger partial charge on any atom is -0.489 e. The molecule has 1 aromatic heterocycles. The Morgan fingerprint density at radius 3 is 2.74 bits per heavy atom. The van der Waals surface area contributed by atoms with Crippen molar-refractivity contribution in [1.82, 2.24) is 0 Å². The van der Waals surface area contributed by atoms with Gasteiger partial charge in [0.15, 0.2) is 0 Å². The SMILES string of the molecule is O=C(O)c1cc2ccc(OCc3cccc(F)c3)cc2oc1=O. The predicted octanol–water partition coefficient (Wildman–Crippen LogP) is 3.21. The Morgan fingerprint density at radius 1 is 1.17 bits per heavy atom. The molecule has 0 atom stereocenters. The predicted molar refractivity (Wildman–Crippen MR) is 80.2 cm³/mol. The van der Waals surface area contributed by atoms with Crippen LogP contribution in [-0.2, 0) is 6.61 Å². The van der Waals surface area contributed by atoms with Gasteiger partial charge in [-0.25, -0.2) is 14.0 Å². The summed E-state index contributed by atoms with van der Waals surface area (Å²) in [6.07, 6.45) is 0. The van der Waals surface area contributed by atoms with Crippen LogP contribution in [0, 0.1) is 5.82 Å². The van der Waals surface area contributed by atoms with E-state index in [1.807, 2.05) is 0 Å². The van der Waals surface area contributed by atoms with Gasteiger partial charge in [0.1, 0.15) is 29.3 Å². The average Bonchev–Trinajstić information content (AvgIpc) is 2.52. The molecule has 0 saturated carbocycles. The van der Waals surface area contributed by atoms with E-state index in [1.165, 1.54) is 24.3 Å². The molecule has 3 aromatic rings. The molecule has 3 rings (SSSR count). The van der Waals surface area contributed by atoms with E-state index < -0.39 is 17.2 Å². The van der Waals surface area contributed by atoms with Gasteiger partial charge in [0, 0.05) is 11.5 Å². The Kier molecular flexibility index (Phi) is 3.80. The second-order valence-corrected chi connectivity index (χ2v) is 4.87. The quantitative estimate of drug-likeness (QED) is 0.748. The lowest BCUT2D eigenvalue weighted by atomic mass is 10.2. The minimum atomic E-state index is -1.34. The van der Waals surface area contributed by atoms with Gasteiger partial charge in [0.05, 0.1) is 0 Å². The lowest BCUT2D eigenvalue weighted by Crippen LogP contribution is -2.12. The van der Waals surface area contributed by atoms with Gasteiger partial charge in [0.25, 0.3) is 0 Å². The van der Waals surface area contributed by atoms with Gasteiger partial charge >= 0.3 is 11.6 Å². The molecule has 2 aromatic carbocycles. The smallest absolute Gasteiger partial charge is 0.351 e. The zero-order valence-corrected chi connectivity index (χ0v) is 11.8. The van der Waals surface area contributed by atoms with Gasteiger partial charge in [-0.05, 0) is 35.9 Å². The highest BCUT2D eigenvalue weighted by atomic mass is 19.1. The van der Waals surface area contributed by atoms with Crippen LogP contribution in [0.5, 0.6) is 5.75 Å². The van der Waals surface area contributed by atoms with Crippen molar-refractivity contribution in [2.24, 2.45) is 0 Å². The highest BCUT2D eigenvalue weighted by Gasteiger charge is 2.12. The highest BCUT2D eigenvalue weighted by molar-refractivity contribution is 5.91. The van der Waals surface area contributed by atoms with Crippen molar-refractivity contribution in [1.29, 1.82) is 0 Å². The number of hydrogen-bond acceptors (Lipinski definition) is 4. The fourth-order valence-electron chi connectivity index (χ4n) is 2.12. The zero-order chi connectivity index (χ0) is 16.4. The lowest BCUT2D eigenvalue weighted by Gasteiger charge is -2.07. The molecule has 0 fully saturated rings. The maximum Gasteiger partial charge on any atom is 0.351 e. The zero-order valence-electron chi connectivity index (χ0n) is 11.8. The molecule has 1 N–H and O–H groups in total. The summed E-state index contributed by atoms with van der Waals surface area (Å²) >= 11 is 0. The summed E-state index contributed by atoms with van der Waals surface area (Å²) < 4.78 is 23.6. The molecule has 5 nitrogen and oxygen atoms in total. The molecule has 0 saturated heterocycles. The maximum atomic E-state index is 13.1. The van der Waals surface area contributed by atoms with E-state index in [-0.39, 0.29) is 18.0 Å². The Bertz CT molecular complexity index is 945. The number of carbonyl (C=O) groups is 1. The van der Waals surface area contributed by atoms with Crippen molar-refractivity contribution < 1.29 is 23.4 Å². The van der Waals surface area contributed by atoms with Crippen LogP contribution in [-0.4, -0.2) is 11.1 Å². The monoisotopic (exact) mass is 314 g/mol. The van der Waals surface area contributed by atoms with Crippen LogP contribution >= 0.6 is 0 Å². The van der Waals surface area contributed by atoms with Crippen molar-refractivity contribution in [2.75, 3.05) is 0 Å². The third-order valence-electron chi connectivity index (χ3n) is 3.23. The van der Waals surface area contributed by atoms with Crippen LogP contribution < -0.4 is 10.4 Å². The first-order valence-corrected chi connectivity index (χ1v) is 6.71. The summed E-state index contributed by atoms with van der Waals surface area (Å²) in [7, 11) is 0. The third kappa shape index (κ3) is 3.21. The molecular formula is C17H11FO5. The molecular weight excluding hydrogens is 303 g/mol. The molecule has 0 bridgehead atoms. The largest absolute Gasteiger partial charge is 0.489 e. The molecule has 0 aliphatic carbocycles. The van der Waals surface area contributed by atoms with Gasteiger partial charge in [-0.2, -0.15) is 0 Å². The van der Waals surface area contributed by atoms with E-state index in [1.54, 1.807) is 24.3 Å². The van der Waals surface area contributed by atoms with Gasteiger partial charge in [-0.3, -0.25) is 0 Å². The summed E-state index contributed by atoms with van der Waals surface area (Å²) in [5.74, 6) is -1.27. The fourth-order valence-corrected chi connectivity index (χ4v) is 2.12. The molecule has 23 heavy (non-hydrogen) atoms. The van der Waals surface area contributed by atoms with Gasteiger partial charge < -0.3 is 14.3 Å². The van der Waals surface area contributed by atoms with Crippen molar-refractivity contribution >= 4 is 16.9 Å². The first-order chi connectivity index (χ1) is 11.0. The fraction of sp³-hybridized carbons (Fsp3) is 0.0588. The molecule has 0 aliphatic heterocycles.